The van der Waals surface area contributed by atoms with E-state index in [1.807, 2.05) is 13.8 Å². The molecule has 0 atom stereocenters. The molecule has 3 aromatic rings. The average molecular weight is 551 g/mol. The number of halogens is 2. The Morgan fingerprint density at radius 3 is 2.48 bits per heavy atom. The van der Waals surface area contributed by atoms with Crippen molar-refractivity contribution in [1.29, 1.82) is 5.26 Å². The Kier molecular flexibility index (Phi) is 9.04. The van der Waals surface area contributed by atoms with Crippen LogP contribution in [0.25, 0.3) is 0 Å². The van der Waals surface area contributed by atoms with Gasteiger partial charge in [-0.25, -0.2) is 13.8 Å². The number of rotatable bonds is 9. The molecule has 2 heterocycles. The number of nitriles is 1. The number of carbonyl (C=O) groups excluding carboxylic acids is 1. The highest BCUT2D eigenvalue weighted by atomic mass is 19.1. The van der Waals surface area contributed by atoms with E-state index in [1.54, 1.807) is 32.0 Å². The maximum atomic E-state index is 14.1. The third-order valence-corrected chi connectivity index (χ3v) is 6.67. The highest BCUT2D eigenvalue weighted by Crippen LogP contribution is 2.35. The summed E-state index contributed by atoms with van der Waals surface area (Å²) in [7, 11) is 0. The predicted octanol–water partition coefficient (Wildman–Crippen LogP) is 5.95. The van der Waals surface area contributed by atoms with E-state index < -0.39 is 17.5 Å². The van der Waals surface area contributed by atoms with Crippen molar-refractivity contribution in [2.24, 2.45) is 0 Å². The molecule has 1 aliphatic heterocycles. The average Bonchev–Trinajstić information content (AvgIpc) is 2.93. The van der Waals surface area contributed by atoms with Crippen LogP contribution >= 0.6 is 0 Å². The molecule has 2 aromatic carbocycles. The molecule has 210 valence electrons. The van der Waals surface area contributed by atoms with E-state index in [2.05, 4.69) is 21.3 Å². The number of pyridine rings is 1. The molecule has 1 aromatic heterocycles. The number of hydrogen-bond acceptors (Lipinski definition) is 7. The lowest BCUT2D eigenvalue weighted by atomic mass is 10.0. The van der Waals surface area contributed by atoms with Crippen LogP contribution in [-0.4, -0.2) is 43.3 Å². The molecule has 1 saturated heterocycles. The Bertz CT molecular complexity index is 1430. The van der Waals surface area contributed by atoms with E-state index in [9.17, 15) is 18.8 Å². The van der Waals surface area contributed by atoms with Crippen molar-refractivity contribution in [3.63, 3.8) is 0 Å². The maximum Gasteiger partial charge on any atom is 0.261 e. The van der Waals surface area contributed by atoms with Gasteiger partial charge in [0, 0.05) is 37.6 Å². The lowest BCUT2D eigenvalue weighted by molar-refractivity contribution is 0.102. The summed E-state index contributed by atoms with van der Waals surface area (Å²) in [6.07, 6.45) is 0.911. The summed E-state index contributed by atoms with van der Waals surface area (Å²) in [6, 6.07) is 10.5. The summed E-state index contributed by atoms with van der Waals surface area (Å²) in [5, 5.41) is 12.5. The van der Waals surface area contributed by atoms with Crippen LogP contribution in [-0.2, 0) is 0 Å². The van der Waals surface area contributed by atoms with E-state index in [4.69, 9.17) is 14.2 Å². The van der Waals surface area contributed by atoms with Crippen molar-refractivity contribution < 1.29 is 27.8 Å². The highest BCUT2D eigenvalue weighted by molar-refractivity contribution is 6.09. The van der Waals surface area contributed by atoms with Gasteiger partial charge in [0.1, 0.15) is 23.2 Å². The van der Waals surface area contributed by atoms with Gasteiger partial charge in [-0.05, 0) is 58.0 Å². The Morgan fingerprint density at radius 2 is 1.82 bits per heavy atom. The van der Waals surface area contributed by atoms with Crippen LogP contribution in [0.5, 0.6) is 17.4 Å². The monoisotopic (exact) mass is 550 g/mol. The molecule has 40 heavy (non-hydrogen) atoms. The fourth-order valence-electron chi connectivity index (χ4n) is 4.80. The van der Waals surface area contributed by atoms with Crippen LogP contribution in [0.3, 0.4) is 0 Å². The van der Waals surface area contributed by atoms with E-state index in [0.29, 0.717) is 67.4 Å². The van der Waals surface area contributed by atoms with Gasteiger partial charge < -0.3 is 24.4 Å². The number of carbonyl (C=O) groups is 1. The Balaban J connectivity index is 1.57. The van der Waals surface area contributed by atoms with Gasteiger partial charge >= 0.3 is 0 Å². The Morgan fingerprint density at radius 1 is 1.10 bits per heavy atom. The van der Waals surface area contributed by atoms with Crippen LogP contribution in [0.15, 0.2) is 36.4 Å². The highest BCUT2D eigenvalue weighted by Gasteiger charge is 2.27. The first-order chi connectivity index (χ1) is 19.2. The second-order valence-corrected chi connectivity index (χ2v) is 9.37. The molecule has 10 heteroatoms. The first kappa shape index (κ1) is 28.6. The molecular weight excluding hydrogens is 518 g/mol. The van der Waals surface area contributed by atoms with Gasteiger partial charge in [-0.1, -0.05) is 0 Å². The molecule has 0 radical (unpaired) electrons. The van der Waals surface area contributed by atoms with Gasteiger partial charge in [-0.15, -0.1) is 0 Å². The summed E-state index contributed by atoms with van der Waals surface area (Å²) in [6.45, 7) is 9.13. The molecule has 0 unspecified atom stereocenters. The van der Waals surface area contributed by atoms with Gasteiger partial charge in [-0.3, -0.25) is 4.79 Å². The Hall–Kier alpha value is -4.39. The Labute approximate surface area is 232 Å². The maximum absolute atomic E-state index is 14.1. The smallest absolute Gasteiger partial charge is 0.261 e. The SMILES string of the molecule is CCOc1nc(C)c(OCC)c(C)c1C(=O)Nc1cc(C#N)ccc1N1CCC(Oc2ccc(F)cc2F)CC1. The zero-order chi connectivity index (χ0) is 28.8. The number of nitrogens with one attached hydrogen (secondary N) is 1. The largest absolute Gasteiger partial charge is 0.492 e. The number of nitrogens with zero attached hydrogens (tertiary/aromatic N) is 3. The predicted molar refractivity (Wildman–Crippen MR) is 147 cm³/mol. The molecular formula is C30H32F2N4O4. The van der Waals surface area contributed by atoms with Gasteiger partial charge in [0.25, 0.3) is 5.91 Å². The standard InChI is InChI=1S/C30H32F2N4O4/c1-5-38-28-18(3)27(30(39-6-2)34-19(28)4)29(37)35-24-15-20(17-33)7-9-25(24)36-13-11-22(12-14-36)40-26-10-8-21(31)16-23(26)32/h7-10,15-16,22H,5-6,11-14H2,1-4H3,(H,35,37). The first-order valence-electron chi connectivity index (χ1n) is 13.2. The van der Waals surface area contributed by atoms with Crippen molar-refractivity contribution in [3.8, 4) is 23.4 Å². The quantitative estimate of drug-likeness (QED) is 0.352. The summed E-state index contributed by atoms with van der Waals surface area (Å²) in [5.41, 5.74) is 3.09. The minimum Gasteiger partial charge on any atom is -0.492 e. The van der Waals surface area contributed by atoms with E-state index in [0.717, 1.165) is 11.8 Å². The van der Waals surface area contributed by atoms with Crippen molar-refractivity contribution in [1.82, 2.24) is 4.98 Å². The zero-order valence-corrected chi connectivity index (χ0v) is 23.0. The fraction of sp³-hybridized carbons (Fsp3) is 0.367. The molecule has 0 bridgehead atoms. The minimum atomic E-state index is -0.737. The second kappa shape index (κ2) is 12.6. The number of hydrogen-bond donors (Lipinski definition) is 1. The number of aromatic nitrogens is 1. The molecule has 0 spiro atoms. The van der Waals surface area contributed by atoms with Gasteiger partial charge in [0.05, 0.1) is 41.9 Å². The summed E-state index contributed by atoms with van der Waals surface area (Å²) >= 11 is 0. The first-order valence-corrected chi connectivity index (χ1v) is 13.2. The van der Waals surface area contributed by atoms with Crippen molar-refractivity contribution in [2.45, 2.75) is 46.6 Å². The van der Waals surface area contributed by atoms with Crippen molar-refractivity contribution in [3.05, 3.63) is 70.4 Å². The molecule has 0 aliphatic carbocycles. The molecule has 1 amide bonds. The lowest BCUT2D eigenvalue weighted by Crippen LogP contribution is -2.38. The zero-order valence-electron chi connectivity index (χ0n) is 23.0. The summed E-state index contributed by atoms with van der Waals surface area (Å²) in [4.78, 5) is 20.2. The molecule has 1 aliphatic rings. The van der Waals surface area contributed by atoms with E-state index in [-0.39, 0.29) is 23.3 Å². The third kappa shape index (κ3) is 6.25. The van der Waals surface area contributed by atoms with Gasteiger partial charge in [0.2, 0.25) is 5.88 Å². The summed E-state index contributed by atoms with van der Waals surface area (Å²) < 4.78 is 44.6. The second-order valence-electron chi connectivity index (χ2n) is 9.37. The molecule has 1 N–H and O–H groups in total. The number of ether oxygens (including phenoxy) is 3. The molecule has 8 nitrogen and oxygen atoms in total. The van der Waals surface area contributed by atoms with Crippen LogP contribution < -0.4 is 24.4 Å². The lowest BCUT2D eigenvalue weighted by Gasteiger charge is -2.35. The van der Waals surface area contributed by atoms with Crippen LogP contribution in [0, 0.1) is 36.8 Å². The number of amides is 1. The third-order valence-electron chi connectivity index (χ3n) is 6.67. The molecule has 0 saturated carbocycles. The number of anilines is 2. The topological polar surface area (TPSA) is 96.7 Å². The molecule has 4 rings (SSSR count). The fourth-order valence-corrected chi connectivity index (χ4v) is 4.80. The van der Waals surface area contributed by atoms with E-state index in [1.165, 1.54) is 12.1 Å². The van der Waals surface area contributed by atoms with Crippen LogP contribution in [0.4, 0.5) is 20.2 Å². The minimum absolute atomic E-state index is 0.0183. The molecule has 1 fully saturated rings. The number of aryl methyl sites for hydroxylation is 1. The van der Waals surface area contributed by atoms with Crippen molar-refractivity contribution >= 4 is 17.3 Å². The normalized spacial score (nSPS) is 13.5. The van der Waals surface area contributed by atoms with Crippen LogP contribution in [0.2, 0.25) is 0 Å². The van der Waals surface area contributed by atoms with Gasteiger partial charge in [-0.2, -0.15) is 5.26 Å². The number of benzene rings is 2. The van der Waals surface area contributed by atoms with Crippen LogP contribution in [0.1, 0.15) is 53.9 Å². The number of piperidine rings is 1. The van der Waals surface area contributed by atoms with E-state index >= 15 is 0 Å². The summed E-state index contributed by atoms with van der Waals surface area (Å²) in [5.74, 6) is -1.07. The van der Waals surface area contributed by atoms with Crippen molar-refractivity contribution in [2.75, 3.05) is 36.5 Å². The van der Waals surface area contributed by atoms with Gasteiger partial charge in [0.15, 0.2) is 11.6 Å².